The molecule has 1 heterocycles. The number of aromatic nitrogens is 1. The molecule has 0 atom stereocenters. The minimum atomic E-state index is 0.268. The van der Waals surface area contributed by atoms with Gasteiger partial charge in [-0.2, -0.15) is 5.26 Å². The molecule has 3 nitrogen and oxygen atoms in total. The molecule has 0 unspecified atom stereocenters. The Morgan fingerprint density at radius 3 is 2.32 bits per heavy atom. The first-order valence-corrected chi connectivity index (χ1v) is 8.37. The summed E-state index contributed by atoms with van der Waals surface area (Å²) in [6.45, 7) is 6.37. The maximum Gasteiger partial charge on any atom is 0.142 e. The van der Waals surface area contributed by atoms with Gasteiger partial charge in [0.15, 0.2) is 0 Å². The van der Waals surface area contributed by atoms with E-state index < -0.39 is 0 Å². The van der Waals surface area contributed by atoms with Crippen molar-refractivity contribution in [3.8, 4) is 28.5 Å². The van der Waals surface area contributed by atoms with Crippen LogP contribution in [-0.2, 0) is 0 Å². The molecule has 0 saturated heterocycles. The summed E-state index contributed by atoms with van der Waals surface area (Å²) in [4.78, 5) is 4.44. The van der Waals surface area contributed by atoms with Crippen molar-refractivity contribution in [3.05, 3.63) is 71.3 Å². The van der Waals surface area contributed by atoms with Gasteiger partial charge in [-0.25, -0.2) is 4.98 Å². The fourth-order valence-corrected chi connectivity index (χ4v) is 2.91. The first kappa shape index (κ1) is 16.7. The molecule has 0 aliphatic heterocycles. The van der Waals surface area contributed by atoms with Crippen LogP contribution in [0.25, 0.3) is 22.4 Å². The highest BCUT2D eigenvalue weighted by atomic mass is 14.8. The number of pyridine rings is 1. The van der Waals surface area contributed by atoms with E-state index in [-0.39, 0.29) is 5.82 Å². The molecule has 2 aromatic carbocycles. The highest BCUT2D eigenvalue weighted by molar-refractivity contribution is 5.80. The van der Waals surface area contributed by atoms with Crippen molar-refractivity contribution in [3.63, 3.8) is 0 Å². The second kappa shape index (κ2) is 6.78. The van der Waals surface area contributed by atoms with Crippen molar-refractivity contribution in [1.29, 1.82) is 5.26 Å². The molecule has 25 heavy (non-hydrogen) atoms. The third kappa shape index (κ3) is 3.39. The second-order valence-corrected chi connectivity index (χ2v) is 6.57. The lowest BCUT2D eigenvalue weighted by Crippen LogP contribution is -2.00. The Morgan fingerprint density at radius 1 is 1.00 bits per heavy atom. The van der Waals surface area contributed by atoms with Gasteiger partial charge in [0.2, 0.25) is 0 Å². The van der Waals surface area contributed by atoms with Gasteiger partial charge in [-0.1, -0.05) is 61.9 Å². The van der Waals surface area contributed by atoms with Gasteiger partial charge in [0.05, 0.1) is 5.69 Å². The van der Waals surface area contributed by atoms with E-state index >= 15 is 0 Å². The van der Waals surface area contributed by atoms with Gasteiger partial charge in [-0.15, -0.1) is 0 Å². The van der Waals surface area contributed by atoms with Gasteiger partial charge >= 0.3 is 0 Å². The molecule has 2 N–H and O–H groups in total. The van der Waals surface area contributed by atoms with Crippen LogP contribution in [0.1, 0.15) is 36.5 Å². The fraction of sp³-hybridized carbons (Fsp3) is 0.182. The summed E-state index contributed by atoms with van der Waals surface area (Å²) in [6.07, 6.45) is 0. The summed E-state index contributed by atoms with van der Waals surface area (Å²) in [5, 5.41) is 9.54. The third-order valence-electron chi connectivity index (χ3n) is 4.36. The van der Waals surface area contributed by atoms with Crippen LogP contribution in [0.5, 0.6) is 0 Å². The van der Waals surface area contributed by atoms with E-state index in [0.717, 1.165) is 27.9 Å². The van der Waals surface area contributed by atoms with Gasteiger partial charge in [-0.05, 0) is 36.1 Å². The quantitative estimate of drug-likeness (QED) is 0.710. The number of anilines is 1. The van der Waals surface area contributed by atoms with E-state index in [4.69, 9.17) is 5.73 Å². The average molecular weight is 327 g/mol. The summed E-state index contributed by atoms with van der Waals surface area (Å²) >= 11 is 0. The highest BCUT2D eigenvalue weighted by Gasteiger charge is 2.13. The predicted octanol–water partition coefficient (Wildman–Crippen LogP) is 5.30. The van der Waals surface area contributed by atoms with Crippen LogP contribution >= 0.6 is 0 Å². The Labute approximate surface area is 148 Å². The lowest BCUT2D eigenvalue weighted by atomic mass is 9.95. The van der Waals surface area contributed by atoms with Gasteiger partial charge in [-0.3, -0.25) is 0 Å². The topological polar surface area (TPSA) is 62.7 Å². The first-order valence-electron chi connectivity index (χ1n) is 8.37. The molecular formula is C22H21N3. The molecule has 3 aromatic rings. The van der Waals surface area contributed by atoms with Crippen LogP contribution in [0.15, 0.2) is 54.6 Å². The van der Waals surface area contributed by atoms with Gasteiger partial charge in [0.1, 0.15) is 17.5 Å². The third-order valence-corrected chi connectivity index (χ3v) is 4.36. The molecule has 0 saturated carbocycles. The van der Waals surface area contributed by atoms with Crippen molar-refractivity contribution < 1.29 is 0 Å². The summed E-state index contributed by atoms with van der Waals surface area (Å²) in [5.74, 6) is 0.735. The van der Waals surface area contributed by atoms with Crippen molar-refractivity contribution in [1.82, 2.24) is 4.98 Å². The van der Waals surface area contributed by atoms with E-state index in [9.17, 15) is 5.26 Å². The number of benzene rings is 2. The van der Waals surface area contributed by atoms with E-state index in [1.54, 1.807) is 0 Å². The normalized spacial score (nSPS) is 10.7. The molecule has 124 valence electrons. The molecule has 0 amide bonds. The number of hydrogen-bond acceptors (Lipinski definition) is 3. The second-order valence-electron chi connectivity index (χ2n) is 6.57. The molecule has 0 fully saturated rings. The van der Waals surface area contributed by atoms with Crippen LogP contribution in [-0.4, -0.2) is 4.98 Å². The molecule has 0 aliphatic rings. The zero-order chi connectivity index (χ0) is 18.0. The molecule has 0 aliphatic carbocycles. The first-order chi connectivity index (χ1) is 12.0. The number of aryl methyl sites for hydroxylation is 1. The number of nitrogens with zero attached hydrogens (tertiary/aromatic N) is 2. The molecule has 0 spiro atoms. The van der Waals surface area contributed by atoms with Crippen molar-refractivity contribution in [2.75, 3.05) is 5.73 Å². The standard InChI is InChI=1S/C22H21N3/c1-14(2)16-7-9-17(10-8-16)19-12-21(25-22(24)20(19)13-23)18-6-4-5-15(3)11-18/h4-12,14H,1-3H3,(H2,24,25). The number of nitriles is 1. The largest absolute Gasteiger partial charge is 0.383 e. The highest BCUT2D eigenvalue weighted by Crippen LogP contribution is 2.32. The molecule has 1 aromatic heterocycles. The van der Waals surface area contributed by atoms with Gasteiger partial charge in [0, 0.05) is 11.1 Å². The zero-order valence-corrected chi connectivity index (χ0v) is 14.7. The van der Waals surface area contributed by atoms with Crippen LogP contribution in [0.2, 0.25) is 0 Å². The Hall–Kier alpha value is -3.12. The lowest BCUT2D eigenvalue weighted by molar-refractivity contribution is 0.867. The van der Waals surface area contributed by atoms with Crippen molar-refractivity contribution in [2.24, 2.45) is 0 Å². The molecule has 0 bridgehead atoms. The minimum absolute atomic E-state index is 0.268. The van der Waals surface area contributed by atoms with Crippen LogP contribution in [0.3, 0.4) is 0 Å². The Balaban J connectivity index is 2.16. The average Bonchev–Trinajstić information content (AvgIpc) is 2.61. The Kier molecular flexibility index (Phi) is 4.54. The van der Waals surface area contributed by atoms with Crippen LogP contribution in [0, 0.1) is 18.3 Å². The monoisotopic (exact) mass is 327 g/mol. The van der Waals surface area contributed by atoms with Crippen molar-refractivity contribution >= 4 is 5.82 Å². The molecule has 3 heteroatoms. The summed E-state index contributed by atoms with van der Waals surface area (Å²) < 4.78 is 0. The van der Waals surface area contributed by atoms with Gasteiger partial charge in [0.25, 0.3) is 0 Å². The lowest BCUT2D eigenvalue weighted by Gasteiger charge is -2.12. The SMILES string of the molecule is Cc1cccc(-c2cc(-c3ccc(C(C)C)cc3)c(C#N)c(N)n2)c1. The van der Waals surface area contributed by atoms with Crippen LogP contribution in [0.4, 0.5) is 5.82 Å². The maximum atomic E-state index is 9.54. The Morgan fingerprint density at radius 2 is 1.72 bits per heavy atom. The van der Waals surface area contributed by atoms with E-state index in [0.29, 0.717) is 11.5 Å². The number of hydrogen-bond donors (Lipinski definition) is 1. The maximum absolute atomic E-state index is 9.54. The predicted molar refractivity (Wildman–Crippen MR) is 103 cm³/mol. The van der Waals surface area contributed by atoms with E-state index in [2.05, 4.69) is 43.1 Å². The minimum Gasteiger partial charge on any atom is -0.383 e. The van der Waals surface area contributed by atoms with Gasteiger partial charge < -0.3 is 5.73 Å². The Bertz CT molecular complexity index is 948. The van der Waals surface area contributed by atoms with Crippen molar-refractivity contribution in [2.45, 2.75) is 26.7 Å². The number of nitrogen functional groups attached to an aromatic ring is 1. The zero-order valence-electron chi connectivity index (χ0n) is 14.7. The molecule has 3 rings (SSSR count). The molecule has 0 radical (unpaired) electrons. The van der Waals surface area contributed by atoms with E-state index in [1.807, 2.05) is 43.3 Å². The smallest absolute Gasteiger partial charge is 0.142 e. The van der Waals surface area contributed by atoms with Crippen LogP contribution < -0.4 is 5.73 Å². The number of nitrogens with two attached hydrogens (primary N) is 1. The molecular weight excluding hydrogens is 306 g/mol. The summed E-state index contributed by atoms with van der Waals surface area (Å²) in [6, 6.07) is 20.6. The fourth-order valence-electron chi connectivity index (χ4n) is 2.91. The number of rotatable bonds is 3. The summed E-state index contributed by atoms with van der Waals surface area (Å²) in [7, 11) is 0. The summed E-state index contributed by atoms with van der Waals surface area (Å²) in [5.41, 5.74) is 12.5. The van der Waals surface area contributed by atoms with E-state index in [1.165, 1.54) is 5.56 Å².